The number of rotatable bonds is 6. The summed E-state index contributed by atoms with van der Waals surface area (Å²) in [6.07, 6.45) is 0. The van der Waals surface area contributed by atoms with E-state index < -0.39 is 0 Å². The molecule has 0 radical (unpaired) electrons. The fourth-order valence-corrected chi connectivity index (χ4v) is 3.78. The Balaban J connectivity index is 1.56. The summed E-state index contributed by atoms with van der Waals surface area (Å²) in [6, 6.07) is 17.5. The molecule has 7 heteroatoms. The van der Waals surface area contributed by atoms with Crippen molar-refractivity contribution >= 4 is 45.7 Å². The SMILES string of the molecule is C[C@H](SCc1ccccc1)C(=O)Nc1nnc(-c2ccc(Cl)cc2)s1. The van der Waals surface area contributed by atoms with Crippen molar-refractivity contribution in [2.24, 2.45) is 0 Å². The molecule has 0 unspecified atom stereocenters. The number of hydrogen-bond acceptors (Lipinski definition) is 5. The third-order valence-electron chi connectivity index (χ3n) is 3.46. The van der Waals surface area contributed by atoms with E-state index in [1.54, 1.807) is 23.9 Å². The minimum atomic E-state index is -0.178. The zero-order valence-electron chi connectivity index (χ0n) is 13.5. The highest BCUT2D eigenvalue weighted by Gasteiger charge is 2.16. The van der Waals surface area contributed by atoms with Crippen LogP contribution in [0.25, 0.3) is 10.6 Å². The second-order valence-corrected chi connectivity index (χ2v) is 8.09. The van der Waals surface area contributed by atoms with E-state index in [1.165, 1.54) is 16.9 Å². The van der Waals surface area contributed by atoms with E-state index >= 15 is 0 Å². The molecule has 4 nitrogen and oxygen atoms in total. The molecule has 0 aliphatic rings. The monoisotopic (exact) mass is 389 g/mol. The summed E-state index contributed by atoms with van der Waals surface area (Å²) in [5.74, 6) is 0.724. The largest absolute Gasteiger partial charge is 0.300 e. The molecule has 3 aromatic rings. The van der Waals surface area contributed by atoms with E-state index in [4.69, 9.17) is 11.6 Å². The van der Waals surface area contributed by atoms with Gasteiger partial charge in [-0.2, -0.15) is 0 Å². The Hall–Kier alpha value is -1.89. The second-order valence-electron chi connectivity index (χ2n) is 5.35. The molecule has 1 N–H and O–H groups in total. The third kappa shape index (κ3) is 5.04. The minimum Gasteiger partial charge on any atom is -0.300 e. The molecule has 0 saturated carbocycles. The molecule has 0 fully saturated rings. The topological polar surface area (TPSA) is 54.9 Å². The fourth-order valence-electron chi connectivity index (χ4n) is 2.06. The number of hydrogen-bond donors (Lipinski definition) is 1. The smallest absolute Gasteiger partial charge is 0.239 e. The van der Waals surface area contributed by atoms with Gasteiger partial charge in [0.25, 0.3) is 0 Å². The lowest BCUT2D eigenvalue weighted by atomic mass is 10.2. The number of halogens is 1. The summed E-state index contributed by atoms with van der Waals surface area (Å²) in [7, 11) is 0. The van der Waals surface area contributed by atoms with E-state index in [0.29, 0.717) is 10.2 Å². The predicted octanol–water partition coefficient (Wildman–Crippen LogP) is 5.12. The van der Waals surface area contributed by atoms with Crippen molar-refractivity contribution in [3.8, 4) is 10.6 Å². The first-order valence-electron chi connectivity index (χ1n) is 7.67. The summed E-state index contributed by atoms with van der Waals surface area (Å²) < 4.78 is 0. The molecule has 0 aliphatic heterocycles. The average Bonchev–Trinajstić information content (AvgIpc) is 3.09. The van der Waals surface area contributed by atoms with Gasteiger partial charge in [0, 0.05) is 16.3 Å². The van der Waals surface area contributed by atoms with Crippen LogP contribution in [0.1, 0.15) is 12.5 Å². The molecule has 25 heavy (non-hydrogen) atoms. The van der Waals surface area contributed by atoms with Gasteiger partial charge in [0.2, 0.25) is 11.0 Å². The number of carbonyl (C=O) groups excluding carboxylic acids is 1. The van der Waals surface area contributed by atoms with Crippen molar-refractivity contribution in [3.05, 3.63) is 65.2 Å². The molecule has 0 saturated heterocycles. The predicted molar refractivity (Wildman–Crippen MR) is 106 cm³/mol. The first-order chi connectivity index (χ1) is 12.1. The highest BCUT2D eigenvalue weighted by Crippen LogP contribution is 2.28. The van der Waals surface area contributed by atoms with Gasteiger partial charge < -0.3 is 0 Å². The lowest BCUT2D eigenvalue weighted by molar-refractivity contribution is -0.115. The average molecular weight is 390 g/mol. The maximum Gasteiger partial charge on any atom is 0.239 e. The number of benzene rings is 2. The van der Waals surface area contributed by atoms with Gasteiger partial charge in [-0.15, -0.1) is 22.0 Å². The summed E-state index contributed by atoms with van der Waals surface area (Å²) in [4.78, 5) is 12.3. The van der Waals surface area contributed by atoms with Crippen LogP contribution < -0.4 is 5.32 Å². The van der Waals surface area contributed by atoms with Crippen LogP contribution in [-0.4, -0.2) is 21.4 Å². The first kappa shape index (κ1) is 17.9. The Morgan fingerprint density at radius 2 is 1.88 bits per heavy atom. The van der Waals surface area contributed by atoms with Crippen LogP contribution in [0, 0.1) is 0 Å². The standard InChI is InChI=1S/C18H16ClN3OS2/c1-12(24-11-13-5-3-2-4-6-13)16(23)20-18-22-21-17(25-18)14-7-9-15(19)10-8-14/h2-10,12H,11H2,1H3,(H,20,22,23)/t12-/m0/s1. The quantitative estimate of drug-likeness (QED) is 0.635. The Labute approximate surface area is 159 Å². The van der Waals surface area contributed by atoms with Crippen LogP contribution in [0.4, 0.5) is 5.13 Å². The van der Waals surface area contributed by atoms with E-state index in [2.05, 4.69) is 27.6 Å². The van der Waals surface area contributed by atoms with Gasteiger partial charge in [-0.05, 0) is 24.6 Å². The molecule has 1 amide bonds. The molecule has 2 aromatic carbocycles. The van der Waals surface area contributed by atoms with Crippen LogP contribution >= 0.6 is 34.7 Å². The summed E-state index contributed by atoms with van der Waals surface area (Å²) >= 11 is 8.83. The molecular weight excluding hydrogens is 374 g/mol. The van der Waals surface area contributed by atoms with Gasteiger partial charge in [0.1, 0.15) is 5.01 Å². The van der Waals surface area contributed by atoms with Gasteiger partial charge in [0.05, 0.1) is 5.25 Å². The van der Waals surface area contributed by atoms with Gasteiger partial charge in [0.15, 0.2) is 0 Å². The third-order valence-corrected chi connectivity index (χ3v) is 5.81. The van der Waals surface area contributed by atoms with E-state index in [0.717, 1.165) is 16.3 Å². The Morgan fingerprint density at radius 3 is 2.60 bits per heavy atom. The fraction of sp³-hybridized carbons (Fsp3) is 0.167. The Kier molecular flexibility index (Phi) is 6.07. The van der Waals surface area contributed by atoms with E-state index in [1.807, 2.05) is 37.3 Å². The molecule has 3 rings (SSSR count). The normalized spacial score (nSPS) is 11.9. The number of nitrogens with one attached hydrogen (secondary N) is 1. The Bertz CT molecular complexity index is 837. The molecule has 0 aliphatic carbocycles. The lowest BCUT2D eigenvalue weighted by Crippen LogP contribution is -2.22. The van der Waals surface area contributed by atoms with Crippen molar-refractivity contribution in [2.75, 3.05) is 5.32 Å². The summed E-state index contributed by atoms with van der Waals surface area (Å²) in [6.45, 7) is 1.89. The minimum absolute atomic E-state index is 0.0697. The summed E-state index contributed by atoms with van der Waals surface area (Å²) in [5, 5.41) is 12.8. The van der Waals surface area contributed by atoms with E-state index in [-0.39, 0.29) is 11.2 Å². The maximum absolute atomic E-state index is 12.3. The number of aromatic nitrogens is 2. The van der Waals surface area contributed by atoms with E-state index in [9.17, 15) is 4.79 Å². The van der Waals surface area contributed by atoms with Crippen molar-refractivity contribution < 1.29 is 4.79 Å². The van der Waals surface area contributed by atoms with Gasteiger partial charge in [-0.1, -0.05) is 65.4 Å². The number of anilines is 1. The number of carbonyl (C=O) groups is 1. The highest BCUT2D eigenvalue weighted by molar-refractivity contribution is 7.99. The maximum atomic E-state index is 12.3. The molecule has 128 valence electrons. The zero-order valence-corrected chi connectivity index (χ0v) is 15.9. The summed E-state index contributed by atoms with van der Waals surface area (Å²) in [5.41, 5.74) is 2.13. The molecule has 0 spiro atoms. The second kappa shape index (κ2) is 8.47. The highest BCUT2D eigenvalue weighted by atomic mass is 35.5. The van der Waals surface area contributed by atoms with Crippen molar-refractivity contribution in [3.63, 3.8) is 0 Å². The number of thioether (sulfide) groups is 1. The van der Waals surface area contributed by atoms with Gasteiger partial charge >= 0.3 is 0 Å². The first-order valence-corrected chi connectivity index (χ1v) is 9.92. The van der Waals surface area contributed by atoms with Crippen LogP contribution in [0.5, 0.6) is 0 Å². The number of nitrogens with zero attached hydrogens (tertiary/aromatic N) is 2. The van der Waals surface area contributed by atoms with Crippen molar-refractivity contribution in [1.29, 1.82) is 0 Å². The zero-order chi connectivity index (χ0) is 17.6. The van der Waals surface area contributed by atoms with Crippen LogP contribution in [0.3, 0.4) is 0 Å². The Morgan fingerprint density at radius 1 is 1.16 bits per heavy atom. The molecule has 1 aromatic heterocycles. The van der Waals surface area contributed by atoms with Crippen LogP contribution in [-0.2, 0) is 10.5 Å². The molecular formula is C18H16ClN3OS2. The molecule has 0 bridgehead atoms. The van der Waals surface area contributed by atoms with Crippen LogP contribution in [0.2, 0.25) is 5.02 Å². The molecule has 1 heterocycles. The van der Waals surface area contributed by atoms with Crippen LogP contribution in [0.15, 0.2) is 54.6 Å². The molecule has 1 atom stereocenters. The lowest BCUT2D eigenvalue weighted by Gasteiger charge is -2.10. The van der Waals surface area contributed by atoms with Crippen molar-refractivity contribution in [2.45, 2.75) is 17.9 Å². The number of amides is 1. The van der Waals surface area contributed by atoms with Crippen molar-refractivity contribution in [1.82, 2.24) is 10.2 Å². The van der Waals surface area contributed by atoms with Gasteiger partial charge in [-0.3, -0.25) is 10.1 Å². The van der Waals surface area contributed by atoms with Gasteiger partial charge in [-0.25, -0.2) is 0 Å².